The Morgan fingerprint density at radius 3 is 2.60 bits per heavy atom. The molecule has 0 aliphatic carbocycles. The van der Waals surface area contributed by atoms with Gasteiger partial charge in [-0.05, 0) is 35.9 Å². The standard InChI is InChI=1S/C23H14Cl2N2O3/c24-14-5-3-4-13(10-14)21-17-9-8-15(11-20(17)30-22(27)18(21)12-26)29-23(28)16-6-1-2-7-19(16)25/h1-11,21H,27H2. The number of benzene rings is 3. The Morgan fingerprint density at radius 1 is 1.07 bits per heavy atom. The first-order valence-electron chi connectivity index (χ1n) is 8.91. The number of esters is 1. The Balaban J connectivity index is 1.71. The average Bonchev–Trinajstić information content (AvgIpc) is 2.73. The fraction of sp³-hybridized carbons (Fsp3) is 0.0435. The molecule has 1 atom stereocenters. The minimum atomic E-state index is -0.594. The lowest BCUT2D eigenvalue weighted by molar-refractivity contribution is 0.0734. The molecular weight excluding hydrogens is 423 g/mol. The molecule has 1 aliphatic rings. The van der Waals surface area contributed by atoms with Crippen LogP contribution in [0.2, 0.25) is 10.0 Å². The molecule has 2 N–H and O–H groups in total. The molecule has 0 saturated heterocycles. The first-order valence-corrected chi connectivity index (χ1v) is 9.67. The van der Waals surface area contributed by atoms with Crippen molar-refractivity contribution in [1.29, 1.82) is 5.26 Å². The van der Waals surface area contributed by atoms with Crippen LogP contribution < -0.4 is 15.2 Å². The van der Waals surface area contributed by atoms with E-state index in [1.807, 2.05) is 6.07 Å². The van der Waals surface area contributed by atoms with E-state index in [2.05, 4.69) is 6.07 Å². The van der Waals surface area contributed by atoms with Gasteiger partial charge in [0.1, 0.15) is 23.1 Å². The van der Waals surface area contributed by atoms with Gasteiger partial charge in [-0.3, -0.25) is 0 Å². The van der Waals surface area contributed by atoms with Crippen LogP contribution in [0, 0.1) is 11.3 Å². The lowest BCUT2D eigenvalue weighted by atomic mass is 9.83. The van der Waals surface area contributed by atoms with E-state index in [1.165, 1.54) is 0 Å². The molecule has 0 bridgehead atoms. The highest BCUT2D eigenvalue weighted by Crippen LogP contribution is 2.43. The lowest BCUT2D eigenvalue weighted by Crippen LogP contribution is -2.21. The van der Waals surface area contributed by atoms with Crippen LogP contribution in [0.25, 0.3) is 0 Å². The van der Waals surface area contributed by atoms with Gasteiger partial charge in [0.25, 0.3) is 0 Å². The van der Waals surface area contributed by atoms with E-state index in [1.54, 1.807) is 60.7 Å². The highest BCUT2D eigenvalue weighted by Gasteiger charge is 2.31. The number of rotatable bonds is 3. The monoisotopic (exact) mass is 436 g/mol. The van der Waals surface area contributed by atoms with Gasteiger partial charge in [-0.15, -0.1) is 0 Å². The van der Waals surface area contributed by atoms with Crippen molar-refractivity contribution >= 4 is 29.2 Å². The number of nitrogens with zero attached hydrogens (tertiary/aromatic N) is 1. The van der Waals surface area contributed by atoms with Crippen LogP contribution in [-0.2, 0) is 0 Å². The van der Waals surface area contributed by atoms with Gasteiger partial charge < -0.3 is 15.2 Å². The number of halogens is 2. The quantitative estimate of drug-likeness (QED) is 0.436. The number of hydrogen-bond acceptors (Lipinski definition) is 5. The van der Waals surface area contributed by atoms with Crippen molar-refractivity contribution < 1.29 is 14.3 Å². The molecule has 1 heterocycles. The fourth-order valence-corrected chi connectivity index (χ4v) is 3.73. The molecule has 3 aromatic carbocycles. The van der Waals surface area contributed by atoms with Crippen molar-refractivity contribution in [2.75, 3.05) is 0 Å². The fourth-order valence-electron chi connectivity index (χ4n) is 3.32. The summed E-state index contributed by atoms with van der Waals surface area (Å²) in [6.07, 6.45) is 0. The van der Waals surface area contributed by atoms with Crippen molar-refractivity contribution in [2.24, 2.45) is 5.73 Å². The normalized spacial score (nSPS) is 15.0. The van der Waals surface area contributed by atoms with Gasteiger partial charge in [0.05, 0.1) is 16.5 Å². The molecule has 0 fully saturated rings. The molecule has 5 nitrogen and oxygen atoms in total. The highest BCUT2D eigenvalue weighted by atomic mass is 35.5. The minimum Gasteiger partial charge on any atom is -0.440 e. The summed E-state index contributed by atoms with van der Waals surface area (Å²) >= 11 is 12.2. The summed E-state index contributed by atoms with van der Waals surface area (Å²) in [6, 6.07) is 20.9. The van der Waals surface area contributed by atoms with E-state index in [4.69, 9.17) is 38.4 Å². The second kappa shape index (κ2) is 8.11. The van der Waals surface area contributed by atoms with Crippen LogP contribution in [0.15, 0.2) is 78.2 Å². The second-order valence-electron chi connectivity index (χ2n) is 6.55. The Morgan fingerprint density at radius 2 is 1.87 bits per heavy atom. The van der Waals surface area contributed by atoms with Crippen molar-refractivity contribution in [3.8, 4) is 17.6 Å². The Bertz CT molecular complexity index is 1230. The van der Waals surface area contributed by atoms with Crippen molar-refractivity contribution in [3.63, 3.8) is 0 Å². The van der Waals surface area contributed by atoms with Crippen LogP contribution >= 0.6 is 23.2 Å². The van der Waals surface area contributed by atoms with E-state index < -0.39 is 11.9 Å². The van der Waals surface area contributed by atoms with Crippen LogP contribution in [0.5, 0.6) is 11.5 Å². The third-order valence-electron chi connectivity index (χ3n) is 4.68. The maximum Gasteiger partial charge on any atom is 0.345 e. The van der Waals surface area contributed by atoms with Crippen LogP contribution in [-0.4, -0.2) is 5.97 Å². The maximum absolute atomic E-state index is 12.4. The van der Waals surface area contributed by atoms with Crippen LogP contribution in [0.4, 0.5) is 0 Å². The van der Waals surface area contributed by atoms with E-state index in [-0.39, 0.29) is 22.8 Å². The third-order valence-corrected chi connectivity index (χ3v) is 5.24. The van der Waals surface area contributed by atoms with Crippen molar-refractivity contribution in [2.45, 2.75) is 5.92 Å². The second-order valence-corrected chi connectivity index (χ2v) is 7.39. The molecule has 0 spiro atoms. The molecule has 7 heteroatoms. The Labute approximate surface area is 182 Å². The van der Waals surface area contributed by atoms with E-state index in [0.29, 0.717) is 21.4 Å². The van der Waals surface area contributed by atoms with Gasteiger partial charge in [0, 0.05) is 16.7 Å². The Hall–Kier alpha value is -3.46. The first kappa shape index (κ1) is 19.8. The lowest BCUT2D eigenvalue weighted by Gasteiger charge is -2.26. The molecule has 3 aromatic rings. The number of hydrogen-bond donors (Lipinski definition) is 1. The molecule has 1 unspecified atom stereocenters. The third kappa shape index (κ3) is 3.71. The maximum atomic E-state index is 12.4. The van der Waals surface area contributed by atoms with Crippen molar-refractivity contribution in [3.05, 3.63) is 105 Å². The van der Waals surface area contributed by atoms with E-state index in [0.717, 1.165) is 5.56 Å². The summed E-state index contributed by atoms with van der Waals surface area (Å²) in [5.41, 5.74) is 8.05. The van der Waals surface area contributed by atoms with E-state index in [9.17, 15) is 10.1 Å². The number of allylic oxidation sites excluding steroid dienone is 1. The topological polar surface area (TPSA) is 85.3 Å². The summed E-state index contributed by atoms with van der Waals surface area (Å²) in [6.45, 7) is 0. The molecule has 0 radical (unpaired) electrons. The number of nitriles is 1. The number of carbonyl (C=O) groups is 1. The van der Waals surface area contributed by atoms with Gasteiger partial charge in [-0.25, -0.2) is 4.79 Å². The molecular formula is C23H14Cl2N2O3. The molecule has 0 aromatic heterocycles. The van der Waals surface area contributed by atoms with Gasteiger partial charge in [0.2, 0.25) is 5.88 Å². The average molecular weight is 437 g/mol. The molecule has 30 heavy (non-hydrogen) atoms. The van der Waals surface area contributed by atoms with Gasteiger partial charge in [0.15, 0.2) is 0 Å². The summed E-state index contributed by atoms with van der Waals surface area (Å²) in [5, 5.41) is 10.5. The van der Waals surface area contributed by atoms with Gasteiger partial charge >= 0.3 is 5.97 Å². The largest absolute Gasteiger partial charge is 0.440 e. The molecule has 1 aliphatic heterocycles. The van der Waals surface area contributed by atoms with Crippen LogP contribution in [0.3, 0.4) is 0 Å². The van der Waals surface area contributed by atoms with Gasteiger partial charge in [-0.1, -0.05) is 53.5 Å². The summed E-state index contributed by atoms with van der Waals surface area (Å²) in [4.78, 5) is 12.4. The predicted molar refractivity (Wildman–Crippen MR) is 114 cm³/mol. The molecule has 0 saturated carbocycles. The minimum absolute atomic E-state index is 0.00967. The number of ether oxygens (including phenoxy) is 2. The zero-order valence-corrected chi connectivity index (χ0v) is 16.9. The number of fused-ring (bicyclic) bond motifs is 1. The summed E-state index contributed by atoms with van der Waals surface area (Å²) in [7, 11) is 0. The van der Waals surface area contributed by atoms with Crippen LogP contribution in [0.1, 0.15) is 27.4 Å². The Kier molecular flexibility index (Phi) is 5.37. The zero-order valence-electron chi connectivity index (χ0n) is 15.4. The highest BCUT2D eigenvalue weighted by molar-refractivity contribution is 6.33. The molecule has 148 valence electrons. The van der Waals surface area contributed by atoms with Crippen molar-refractivity contribution in [1.82, 2.24) is 0 Å². The first-order chi connectivity index (χ1) is 14.5. The SMILES string of the molecule is N#CC1=C(N)Oc2cc(OC(=O)c3ccccc3Cl)ccc2C1c1cccc(Cl)c1. The predicted octanol–water partition coefficient (Wildman–Crippen LogP) is 5.43. The van der Waals surface area contributed by atoms with E-state index >= 15 is 0 Å². The smallest absolute Gasteiger partial charge is 0.345 e. The zero-order chi connectivity index (χ0) is 21.3. The van der Waals surface area contributed by atoms with Gasteiger partial charge in [-0.2, -0.15) is 5.26 Å². The number of carbonyl (C=O) groups excluding carboxylic acids is 1. The summed E-state index contributed by atoms with van der Waals surface area (Å²) in [5.74, 6) is -0.406. The number of nitrogens with two attached hydrogens (primary N) is 1. The summed E-state index contributed by atoms with van der Waals surface area (Å²) < 4.78 is 11.1. The molecule has 0 amide bonds. The molecule has 4 rings (SSSR count).